The Morgan fingerprint density at radius 1 is 1.50 bits per heavy atom. The van der Waals surface area contributed by atoms with Gasteiger partial charge >= 0.3 is 0 Å². The summed E-state index contributed by atoms with van der Waals surface area (Å²) in [6, 6.07) is 3.99. The van der Waals surface area contributed by atoms with Crippen LogP contribution in [0, 0.1) is 11.3 Å². The third-order valence-corrected chi connectivity index (χ3v) is 2.54. The molecule has 1 aliphatic rings. The van der Waals surface area contributed by atoms with Crippen molar-refractivity contribution in [3.8, 4) is 0 Å². The zero-order valence-corrected chi connectivity index (χ0v) is 8.40. The van der Waals surface area contributed by atoms with Crippen molar-refractivity contribution in [3.63, 3.8) is 0 Å². The van der Waals surface area contributed by atoms with Crippen molar-refractivity contribution in [3.05, 3.63) is 30.1 Å². The minimum Gasteiger partial charge on any atom is -0.359 e. The Labute approximate surface area is 84.3 Å². The van der Waals surface area contributed by atoms with Gasteiger partial charge in [0, 0.05) is 31.9 Å². The van der Waals surface area contributed by atoms with Gasteiger partial charge in [-0.3, -0.25) is 10.4 Å². The van der Waals surface area contributed by atoms with E-state index in [0.717, 1.165) is 12.4 Å². The van der Waals surface area contributed by atoms with Gasteiger partial charge in [0.25, 0.3) is 0 Å². The van der Waals surface area contributed by atoms with Crippen LogP contribution in [0.5, 0.6) is 0 Å². The van der Waals surface area contributed by atoms with Gasteiger partial charge in [-0.1, -0.05) is 0 Å². The number of hydrogen-bond acceptors (Lipinski definition) is 2. The van der Waals surface area contributed by atoms with Crippen molar-refractivity contribution < 1.29 is 0 Å². The van der Waals surface area contributed by atoms with E-state index in [4.69, 9.17) is 5.41 Å². The summed E-state index contributed by atoms with van der Waals surface area (Å²) in [6.45, 7) is 0.817. The minimum absolute atomic E-state index is 0.529. The second-order valence-corrected chi connectivity index (χ2v) is 3.87. The molecule has 0 amide bonds. The number of pyridine rings is 1. The molecule has 1 saturated carbocycles. The highest BCUT2D eigenvalue weighted by molar-refractivity contribution is 5.83. The van der Waals surface area contributed by atoms with Gasteiger partial charge in [0.2, 0.25) is 0 Å². The Bertz CT molecular complexity index is 317. The molecule has 3 nitrogen and oxygen atoms in total. The number of nitrogens with one attached hydrogen (secondary N) is 1. The number of nitrogens with zero attached hydrogens (tertiary/aromatic N) is 2. The second-order valence-electron chi connectivity index (χ2n) is 3.87. The molecule has 1 aromatic heterocycles. The zero-order valence-electron chi connectivity index (χ0n) is 8.40. The Balaban J connectivity index is 1.93. The van der Waals surface area contributed by atoms with Gasteiger partial charge in [0.15, 0.2) is 0 Å². The highest BCUT2D eigenvalue weighted by Crippen LogP contribution is 2.31. The van der Waals surface area contributed by atoms with Gasteiger partial charge in [-0.15, -0.1) is 0 Å². The monoisotopic (exact) mass is 189 g/mol. The SMILES string of the molecule is CN(Cc1ccncc1)C(=N)C1CC1. The maximum Gasteiger partial charge on any atom is 0.0989 e. The lowest BCUT2D eigenvalue weighted by Gasteiger charge is -2.19. The molecule has 1 aromatic rings. The van der Waals surface area contributed by atoms with E-state index in [-0.39, 0.29) is 0 Å². The van der Waals surface area contributed by atoms with Gasteiger partial charge in [-0.05, 0) is 30.5 Å². The molecule has 0 aliphatic heterocycles. The summed E-state index contributed by atoms with van der Waals surface area (Å²) in [7, 11) is 1.99. The summed E-state index contributed by atoms with van der Waals surface area (Å²) in [5, 5.41) is 7.87. The highest BCUT2D eigenvalue weighted by Gasteiger charge is 2.28. The van der Waals surface area contributed by atoms with Crippen molar-refractivity contribution in [1.29, 1.82) is 5.41 Å². The molecule has 1 N–H and O–H groups in total. The molecule has 0 aromatic carbocycles. The summed E-state index contributed by atoms with van der Waals surface area (Å²) >= 11 is 0. The van der Waals surface area contributed by atoms with E-state index in [1.807, 2.05) is 24.1 Å². The van der Waals surface area contributed by atoms with Crippen LogP contribution in [-0.2, 0) is 6.54 Å². The van der Waals surface area contributed by atoms with E-state index in [1.54, 1.807) is 12.4 Å². The van der Waals surface area contributed by atoms with Gasteiger partial charge in [0.05, 0.1) is 5.84 Å². The lowest BCUT2D eigenvalue weighted by Crippen LogP contribution is -2.26. The lowest BCUT2D eigenvalue weighted by molar-refractivity contribution is 0.481. The molecule has 14 heavy (non-hydrogen) atoms. The first-order valence-corrected chi connectivity index (χ1v) is 4.96. The fourth-order valence-corrected chi connectivity index (χ4v) is 1.52. The standard InChI is InChI=1S/C11H15N3/c1-14(11(12)10-2-3-10)8-9-4-6-13-7-5-9/h4-7,10,12H,2-3,8H2,1H3. The van der Waals surface area contributed by atoms with E-state index >= 15 is 0 Å². The van der Waals surface area contributed by atoms with E-state index in [1.165, 1.54) is 18.4 Å². The first-order chi connectivity index (χ1) is 6.77. The molecule has 0 saturated heterocycles. The lowest BCUT2D eigenvalue weighted by atomic mass is 10.2. The Morgan fingerprint density at radius 3 is 2.71 bits per heavy atom. The third kappa shape index (κ3) is 2.10. The maximum atomic E-state index is 7.87. The van der Waals surface area contributed by atoms with Crippen LogP contribution < -0.4 is 0 Å². The van der Waals surface area contributed by atoms with Crippen molar-refractivity contribution in [2.75, 3.05) is 7.05 Å². The molecule has 1 aliphatic carbocycles. The van der Waals surface area contributed by atoms with E-state index < -0.39 is 0 Å². The number of aromatic nitrogens is 1. The molecule has 0 bridgehead atoms. The van der Waals surface area contributed by atoms with Crippen molar-refractivity contribution in [2.45, 2.75) is 19.4 Å². The average molecular weight is 189 g/mol. The first-order valence-electron chi connectivity index (χ1n) is 4.96. The normalized spacial score (nSPS) is 15.2. The Morgan fingerprint density at radius 2 is 2.14 bits per heavy atom. The molecule has 0 radical (unpaired) electrons. The predicted molar refractivity (Wildman–Crippen MR) is 56.2 cm³/mol. The summed E-state index contributed by atoms with van der Waals surface area (Å²) in [6.07, 6.45) is 5.98. The third-order valence-electron chi connectivity index (χ3n) is 2.54. The minimum atomic E-state index is 0.529. The first kappa shape index (κ1) is 9.19. The van der Waals surface area contributed by atoms with Gasteiger partial charge in [0.1, 0.15) is 0 Å². The molecule has 1 heterocycles. The smallest absolute Gasteiger partial charge is 0.0989 e. The van der Waals surface area contributed by atoms with Crippen LogP contribution in [-0.4, -0.2) is 22.8 Å². The van der Waals surface area contributed by atoms with Gasteiger partial charge in [-0.25, -0.2) is 0 Å². The largest absolute Gasteiger partial charge is 0.359 e. The Kier molecular flexibility index (Phi) is 2.48. The van der Waals surface area contributed by atoms with Gasteiger partial charge in [-0.2, -0.15) is 0 Å². The molecule has 0 spiro atoms. The number of rotatable bonds is 3. The van der Waals surface area contributed by atoms with Crippen LogP contribution in [0.2, 0.25) is 0 Å². The quantitative estimate of drug-likeness (QED) is 0.582. The summed E-state index contributed by atoms with van der Waals surface area (Å²) < 4.78 is 0. The number of amidine groups is 1. The van der Waals surface area contributed by atoms with Crippen LogP contribution >= 0.6 is 0 Å². The van der Waals surface area contributed by atoms with E-state index in [0.29, 0.717) is 5.92 Å². The Hall–Kier alpha value is -1.38. The fourth-order valence-electron chi connectivity index (χ4n) is 1.52. The van der Waals surface area contributed by atoms with Crippen LogP contribution in [0.15, 0.2) is 24.5 Å². The highest BCUT2D eigenvalue weighted by atomic mass is 15.1. The fraction of sp³-hybridized carbons (Fsp3) is 0.455. The molecule has 2 rings (SSSR count). The summed E-state index contributed by atoms with van der Waals surface area (Å²) in [4.78, 5) is 5.99. The molecular formula is C11H15N3. The molecular weight excluding hydrogens is 174 g/mol. The van der Waals surface area contributed by atoms with Crippen molar-refractivity contribution in [1.82, 2.24) is 9.88 Å². The summed E-state index contributed by atoms with van der Waals surface area (Å²) in [5.41, 5.74) is 1.22. The molecule has 0 atom stereocenters. The van der Waals surface area contributed by atoms with Crippen LogP contribution in [0.3, 0.4) is 0 Å². The molecule has 74 valence electrons. The summed E-state index contributed by atoms with van der Waals surface area (Å²) in [5.74, 6) is 1.31. The zero-order chi connectivity index (χ0) is 9.97. The molecule has 3 heteroatoms. The van der Waals surface area contributed by atoms with Crippen LogP contribution in [0.1, 0.15) is 18.4 Å². The maximum absolute atomic E-state index is 7.87. The van der Waals surface area contributed by atoms with Crippen LogP contribution in [0.4, 0.5) is 0 Å². The second kappa shape index (κ2) is 3.78. The number of hydrogen-bond donors (Lipinski definition) is 1. The molecule has 0 unspecified atom stereocenters. The van der Waals surface area contributed by atoms with E-state index in [2.05, 4.69) is 4.98 Å². The predicted octanol–water partition coefficient (Wildman–Crippen LogP) is 1.90. The van der Waals surface area contributed by atoms with E-state index in [9.17, 15) is 0 Å². The molecule has 1 fully saturated rings. The van der Waals surface area contributed by atoms with Crippen LogP contribution in [0.25, 0.3) is 0 Å². The van der Waals surface area contributed by atoms with Crippen molar-refractivity contribution in [2.24, 2.45) is 5.92 Å². The van der Waals surface area contributed by atoms with Gasteiger partial charge < -0.3 is 4.90 Å². The topological polar surface area (TPSA) is 40.0 Å². The van der Waals surface area contributed by atoms with Crippen molar-refractivity contribution >= 4 is 5.84 Å². The average Bonchev–Trinajstić information content (AvgIpc) is 3.01.